The molecule has 0 heterocycles. The summed E-state index contributed by atoms with van der Waals surface area (Å²) in [6.45, 7) is 0. The van der Waals surface area contributed by atoms with Gasteiger partial charge in [0.15, 0.2) is 5.78 Å². The number of carbonyl (C=O) groups excluding carboxylic acids is 2. The van der Waals surface area contributed by atoms with Crippen molar-refractivity contribution in [3.63, 3.8) is 0 Å². The van der Waals surface area contributed by atoms with E-state index in [4.69, 9.17) is 4.74 Å². The molecule has 0 saturated carbocycles. The predicted molar refractivity (Wildman–Crippen MR) is 88.8 cm³/mol. The van der Waals surface area contributed by atoms with Crippen LogP contribution in [-0.4, -0.2) is 32.1 Å². The van der Waals surface area contributed by atoms with E-state index in [-0.39, 0.29) is 5.78 Å². The lowest BCUT2D eigenvalue weighted by Crippen LogP contribution is -2.18. The van der Waals surface area contributed by atoms with Gasteiger partial charge in [-0.3, -0.25) is 9.79 Å². The molecule has 1 aliphatic carbocycles. The van der Waals surface area contributed by atoms with Crippen LogP contribution in [0.15, 0.2) is 59.1 Å². The molecule has 1 aliphatic rings. The molecule has 0 fully saturated rings. The molecule has 0 saturated heterocycles. The van der Waals surface area contributed by atoms with E-state index in [1.54, 1.807) is 19.2 Å². The first-order valence-electron chi connectivity index (χ1n) is 7.17. The van der Waals surface area contributed by atoms with E-state index in [0.717, 1.165) is 11.1 Å². The van der Waals surface area contributed by atoms with Crippen LogP contribution in [0.2, 0.25) is 0 Å². The van der Waals surface area contributed by atoms with E-state index >= 15 is 0 Å². The van der Waals surface area contributed by atoms with Crippen molar-refractivity contribution in [3.05, 3.63) is 76.4 Å². The number of carbonyl (C=O) groups is 2. The third kappa shape index (κ3) is 2.38. The molecule has 0 N–H and O–H groups in total. The zero-order valence-corrected chi connectivity index (χ0v) is 12.9. The highest BCUT2D eigenvalue weighted by Crippen LogP contribution is 2.37. The van der Waals surface area contributed by atoms with Crippen molar-refractivity contribution in [2.45, 2.75) is 0 Å². The summed E-state index contributed by atoms with van der Waals surface area (Å²) in [4.78, 5) is 28.9. The molecule has 0 bridgehead atoms. The summed E-state index contributed by atoms with van der Waals surface area (Å²) < 4.78 is 4.90. The number of methoxy groups -OCH3 is 1. The van der Waals surface area contributed by atoms with Crippen molar-refractivity contribution in [1.82, 2.24) is 0 Å². The summed E-state index contributed by atoms with van der Waals surface area (Å²) in [5.74, 6) is -0.526. The molecule has 2 aromatic rings. The number of esters is 1. The van der Waals surface area contributed by atoms with Crippen LogP contribution in [0, 0.1) is 0 Å². The maximum Gasteiger partial charge on any atom is 0.340 e. The first kappa shape index (κ1) is 14.9. The minimum absolute atomic E-state index is 0.0439. The van der Waals surface area contributed by atoms with Crippen LogP contribution in [0.1, 0.15) is 27.0 Å². The zero-order valence-electron chi connectivity index (χ0n) is 12.9. The second-order valence-corrected chi connectivity index (χ2v) is 5.09. The lowest BCUT2D eigenvalue weighted by atomic mass is 9.79. The first-order chi connectivity index (χ1) is 11.2. The Labute approximate surface area is 134 Å². The van der Waals surface area contributed by atoms with E-state index in [0.29, 0.717) is 22.3 Å². The van der Waals surface area contributed by atoms with E-state index in [1.807, 2.05) is 36.4 Å². The zero-order chi connectivity index (χ0) is 16.4. The summed E-state index contributed by atoms with van der Waals surface area (Å²) in [6, 6.07) is 14.5. The van der Waals surface area contributed by atoms with Gasteiger partial charge in [-0.15, -0.1) is 0 Å². The number of aliphatic imine (C=N–C) groups is 1. The summed E-state index contributed by atoms with van der Waals surface area (Å²) in [5, 5.41) is 0. The van der Waals surface area contributed by atoms with Gasteiger partial charge in [0, 0.05) is 30.0 Å². The van der Waals surface area contributed by atoms with Crippen LogP contribution in [-0.2, 0) is 9.53 Å². The van der Waals surface area contributed by atoms with Crippen molar-refractivity contribution in [2.75, 3.05) is 14.2 Å². The van der Waals surface area contributed by atoms with Crippen LogP contribution < -0.4 is 0 Å². The summed E-state index contributed by atoms with van der Waals surface area (Å²) in [5.41, 5.74) is 3.60. The smallest absolute Gasteiger partial charge is 0.340 e. The fourth-order valence-electron chi connectivity index (χ4n) is 2.84. The van der Waals surface area contributed by atoms with Crippen LogP contribution >= 0.6 is 0 Å². The first-order valence-corrected chi connectivity index (χ1v) is 7.17. The van der Waals surface area contributed by atoms with Gasteiger partial charge in [0.1, 0.15) is 0 Å². The standard InChI is InChI=1S/C19H15NO3/c1-20-11-16(19(22)23-2)17-12-7-3-5-9-14(12)18(21)15-10-6-4-8-13(15)17/h3-11H,1-2H3. The molecule has 0 unspecified atom stereocenters. The van der Waals surface area contributed by atoms with E-state index in [9.17, 15) is 9.59 Å². The average Bonchev–Trinajstić information content (AvgIpc) is 2.60. The van der Waals surface area contributed by atoms with Crippen LogP contribution in [0.3, 0.4) is 0 Å². The molecule has 0 atom stereocenters. The maximum atomic E-state index is 12.7. The number of ketones is 1. The molecule has 0 aromatic heterocycles. The Balaban J connectivity index is 2.43. The lowest BCUT2D eigenvalue weighted by molar-refractivity contribution is -0.135. The Morgan fingerprint density at radius 2 is 1.43 bits per heavy atom. The third-order valence-corrected chi connectivity index (χ3v) is 3.81. The van der Waals surface area contributed by atoms with Crippen molar-refractivity contribution < 1.29 is 14.3 Å². The SMILES string of the molecule is CN=CC(C(=O)OC)=C1c2ccccc2C(=O)c2ccccc21. The monoisotopic (exact) mass is 305 g/mol. The largest absolute Gasteiger partial charge is 0.465 e. The molecule has 23 heavy (non-hydrogen) atoms. The lowest BCUT2D eigenvalue weighted by Gasteiger charge is -2.23. The van der Waals surface area contributed by atoms with Gasteiger partial charge in [-0.25, -0.2) is 4.79 Å². The number of benzene rings is 2. The van der Waals surface area contributed by atoms with E-state index in [2.05, 4.69) is 4.99 Å². The van der Waals surface area contributed by atoms with Gasteiger partial charge in [-0.1, -0.05) is 48.5 Å². The number of nitrogens with zero attached hydrogens (tertiary/aromatic N) is 1. The Hall–Kier alpha value is -3.01. The topological polar surface area (TPSA) is 55.7 Å². The van der Waals surface area contributed by atoms with Gasteiger partial charge in [0.05, 0.1) is 12.7 Å². The van der Waals surface area contributed by atoms with Gasteiger partial charge >= 0.3 is 5.97 Å². The van der Waals surface area contributed by atoms with Crippen molar-refractivity contribution in [3.8, 4) is 0 Å². The number of rotatable bonds is 2. The molecular weight excluding hydrogens is 290 g/mol. The van der Waals surface area contributed by atoms with E-state index < -0.39 is 5.97 Å². The van der Waals surface area contributed by atoms with Crippen molar-refractivity contribution in [1.29, 1.82) is 0 Å². The highest BCUT2D eigenvalue weighted by Gasteiger charge is 2.29. The average molecular weight is 305 g/mol. The Morgan fingerprint density at radius 1 is 0.957 bits per heavy atom. The van der Waals surface area contributed by atoms with Gasteiger partial charge in [0.2, 0.25) is 0 Å². The van der Waals surface area contributed by atoms with Crippen molar-refractivity contribution >= 4 is 23.5 Å². The quantitative estimate of drug-likeness (QED) is 0.415. The minimum atomic E-state index is -0.482. The molecule has 4 heteroatoms. The molecule has 114 valence electrons. The highest BCUT2D eigenvalue weighted by atomic mass is 16.5. The second-order valence-electron chi connectivity index (χ2n) is 5.09. The normalized spacial score (nSPS) is 12.8. The Morgan fingerprint density at radius 3 is 1.87 bits per heavy atom. The van der Waals surface area contributed by atoms with Crippen LogP contribution in [0.4, 0.5) is 0 Å². The number of ether oxygens (including phenoxy) is 1. The van der Waals surface area contributed by atoms with Gasteiger partial charge in [-0.05, 0) is 11.1 Å². The number of hydrogen-bond donors (Lipinski definition) is 0. The fraction of sp³-hybridized carbons (Fsp3) is 0.105. The molecule has 0 aliphatic heterocycles. The number of hydrogen-bond acceptors (Lipinski definition) is 4. The molecule has 2 aromatic carbocycles. The number of fused-ring (bicyclic) bond motifs is 2. The Kier molecular flexibility index (Phi) is 3.89. The second kappa shape index (κ2) is 6.01. The van der Waals surface area contributed by atoms with Crippen LogP contribution in [0.5, 0.6) is 0 Å². The molecule has 0 spiro atoms. The molecule has 4 nitrogen and oxygen atoms in total. The third-order valence-electron chi connectivity index (χ3n) is 3.81. The van der Waals surface area contributed by atoms with Gasteiger partial charge < -0.3 is 4.74 Å². The summed E-state index contributed by atoms with van der Waals surface area (Å²) >= 11 is 0. The fourth-order valence-corrected chi connectivity index (χ4v) is 2.84. The molecule has 0 amide bonds. The summed E-state index contributed by atoms with van der Waals surface area (Å²) in [6.07, 6.45) is 1.48. The predicted octanol–water partition coefficient (Wildman–Crippen LogP) is 2.91. The van der Waals surface area contributed by atoms with Gasteiger partial charge in [0.25, 0.3) is 0 Å². The highest BCUT2D eigenvalue weighted by molar-refractivity contribution is 6.25. The van der Waals surface area contributed by atoms with Gasteiger partial charge in [-0.2, -0.15) is 0 Å². The Bertz CT molecular complexity index is 811. The van der Waals surface area contributed by atoms with Crippen molar-refractivity contribution in [2.24, 2.45) is 4.99 Å². The minimum Gasteiger partial charge on any atom is -0.465 e. The maximum absolute atomic E-state index is 12.7. The molecule has 0 radical (unpaired) electrons. The van der Waals surface area contributed by atoms with E-state index in [1.165, 1.54) is 13.3 Å². The molecular formula is C19H15NO3. The van der Waals surface area contributed by atoms with Crippen LogP contribution in [0.25, 0.3) is 5.57 Å². The summed E-state index contributed by atoms with van der Waals surface area (Å²) in [7, 11) is 2.92. The molecule has 3 rings (SSSR count).